The number of hydrogen-bond donors (Lipinski definition) is 2. The molecule has 7 nitrogen and oxygen atoms in total. The number of pyridine rings is 1. The third kappa shape index (κ3) is 4.06. The van der Waals surface area contributed by atoms with Crippen LogP contribution in [-0.4, -0.2) is 37.2 Å². The van der Waals surface area contributed by atoms with Gasteiger partial charge in [-0.2, -0.15) is 18.3 Å². The highest BCUT2D eigenvalue weighted by molar-refractivity contribution is 5.97. The standard InChI is InChI=1S/C23H21F3N6O/c1-31-21(16-5-2-3-6-17(16)30-31)22(33)28-15-11-9-14(10-12-15)27-19-7-4-8-20-29-18(13-32(19)20)23(24,25)26/h4-8,13-15,27H,9-12H2,1H3,(H,28,33). The molecule has 0 aromatic carbocycles. The van der Waals surface area contributed by atoms with Gasteiger partial charge in [0.1, 0.15) is 22.9 Å². The smallest absolute Gasteiger partial charge is 0.368 e. The first-order valence-corrected chi connectivity index (χ1v) is 10.7. The Morgan fingerprint density at radius 2 is 1.85 bits per heavy atom. The van der Waals surface area contributed by atoms with Crippen molar-refractivity contribution >= 4 is 29.5 Å². The van der Waals surface area contributed by atoms with Crippen LogP contribution in [0.25, 0.3) is 17.8 Å². The molecule has 10 heteroatoms. The summed E-state index contributed by atoms with van der Waals surface area (Å²) in [6, 6.07) is 5.07. The fourth-order valence-electron chi connectivity index (χ4n) is 4.41. The third-order valence-corrected chi connectivity index (χ3v) is 6.03. The van der Waals surface area contributed by atoms with E-state index in [0.29, 0.717) is 17.2 Å². The van der Waals surface area contributed by atoms with Crippen LogP contribution in [-0.2, 0) is 13.2 Å². The van der Waals surface area contributed by atoms with Crippen molar-refractivity contribution in [2.45, 2.75) is 43.9 Å². The Kier molecular flexibility index (Phi) is 5.12. The van der Waals surface area contributed by atoms with Crippen molar-refractivity contribution in [1.29, 1.82) is 0 Å². The summed E-state index contributed by atoms with van der Waals surface area (Å²) in [6.07, 6.45) is 2.99. The van der Waals surface area contributed by atoms with Gasteiger partial charge in [-0.05, 0) is 37.8 Å². The maximum atomic E-state index is 13.0. The molecule has 2 aliphatic rings. The molecule has 0 aliphatic heterocycles. The molecule has 33 heavy (non-hydrogen) atoms. The fourth-order valence-corrected chi connectivity index (χ4v) is 4.41. The maximum absolute atomic E-state index is 13.0. The van der Waals surface area contributed by atoms with Gasteiger partial charge in [-0.15, -0.1) is 0 Å². The summed E-state index contributed by atoms with van der Waals surface area (Å²) in [4.78, 5) is 16.6. The maximum Gasteiger partial charge on any atom is 0.434 e. The predicted molar refractivity (Wildman–Crippen MR) is 116 cm³/mol. The van der Waals surface area contributed by atoms with E-state index in [9.17, 15) is 18.0 Å². The van der Waals surface area contributed by atoms with Crippen molar-refractivity contribution in [3.63, 3.8) is 0 Å². The fraction of sp³-hybridized carbons (Fsp3) is 0.348. The zero-order chi connectivity index (χ0) is 23.2. The highest BCUT2D eigenvalue weighted by Crippen LogP contribution is 2.30. The number of anilines is 1. The highest BCUT2D eigenvalue weighted by Gasteiger charge is 2.34. The van der Waals surface area contributed by atoms with Gasteiger partial charge in [0.2, 0.25) is 0 Å². The van der Waals surface area contributed by atoms with E-state index in [-0.39, 0.29) is 23.6 Å². The summed E-state index contributed by atoms with van der Waals surface area (Å²) in [5.41, 5.74) is 6.94. The molecular weight excluding hydrogens is 433 g/mol. The lowest BCUT2D eigenvalue weighted by atomic mass is 9.91. The number of aryl methyl sites for hydroxylation is 1. The van der Waals surface area contributed by atoms with Gasteiger partial charge in [0.25, 0.3) is 5.91 Å². The van der Waals surface area contributed by atoms with E-state index in [0.717, 1.165) is 37.4 Å². The molecule has 0 atom stereocenters. The van der Waals surface area contributed by atoms with Gasteiger partial charge in [-0.1, -0.05) is 17.5 Å². The average Bonchev–Trinajstić information content (AvgIpc) is 3.36. The van der Waals surface area contributed by atoms with Gasteiger partial charge >= 0.3 is 6.18 Å². The first-order chi connectivity index (χ1) is 15.8. The number of alkyl halides is 3. The molecule has 170 valence electrons. The molecule has 2 aliphatic carbocycles. The first-order valence-electron chi connectivity index (χ1n) is 10.7. The minimum absolute atomic E-state index is 0.0145. The van der Waals surface area contributed by atoms with Crippen molar-refractivity contribution in [3.05, 3.63) is 58.5 Å². The van der Waals surface area contributed by atoms with E-state index in [4.69, 9.17) is 0 Å². The number of imidazole rings is 1. The Hall–Kier alpha value is -3.74. The van der Waals surface area contributed by atoms with E-state index in [2.05, 4.69) is 32.2 Å². The number of rotatable bonds is 4. The largest absolute Gasteiger partial charge is 0.434 e. The molecule has 1 amide bonds. The predicted octanol–water partition coefficient (Wildman–Crippen LogP) is 4.03. The second kappa shape index (κ2) is 7.99. The molecule has 3 aromatic heterocycles. The quantitative estimate of drug-likeness (QED) is 0.457. The Labute approximate surface area is 187 Å². The van der Waals surface area contributed by atoms with Crippen LogP contribution in [0.15, 0.2) is 35.9 Å². The highest BCUT2D eigenvalue weighted by atomic mass is 19.4. The van der Waals surface area contributed by atoms with Crippen molar-refractivity contribution in [2.75, 3.05) is 5.32 Å². The number of amides is 1. The summed E-state index contributed by atoms with van der Waals surface area (Å²) >= 11 is 0. The number of nitrogens with zero attached hydrogens (tertiary/aromatic N) is 4. The van der Waals surface area contributed by atoms with E-state index < -0.39 is 11.9 Å². The van der Waals surface area contributed by atoms with Gasteiger partial charge in [0.05, 0.1) is 0 Å². The first kappa shape index (κ1) is 21.1. The number of aromatic nitrogens is 4. The van der Waals surface area contributed by atoms with Gasteiger partial charge in [-0.3, -0.25) is 13.9 Å². The van der Waals surface area contributed by atoms with E-state index >= 15 is 0 Å². The van der Waals surface area contributed by atoms with Crippen LogP contribution in [0.1, 0.15) is 53.1 Å². The van der Waals surface area contributed by atoms with Crippen LogP contribution < -0.4 is 10.6 Å². The van der Waals surface area contributed by atoms with E-state index in [1.165, 1.54) is 4.40 Å². The molecule has 5 rings (SSSR count). The lowest BCUT2D eigenvalue weighted by Gasteiger charge is -2.30. The third-order valence-electron chi connectivity index (χ3n) is 6.03. The van der Waals surface area contributed by atoms with Crippen LogP contribution in [0.4, 0.5) is 19.0 Å². The van der Waals surface area contributed by atoms with Crippen LogP contribution in [0.3, 0.4) is 0 Å². The summed E-state index contributed by atoms with van der Waals surface area (Å²) < 4.78 is 42.1. The van der Waals surface area contributed by atoms with Gasteiger partial charge < -0.3 is 10.6 Å². The van der Waals surface area contributed by atoms with Crippen LogP contribution >= 0.6 is 0 Å². The molecule has 0 unspecified atom stereocenters. The summed E-state index contributed by atoms with van der Waals surface area (Å²) in [5.74, 6) is 0.385. The average molecular weight is 454 g/mol. The monoisotopic (exact) mass is 454 g/mol. The normalized spacial score (nSPS) is 19.6. The minimum atomic E-state index is -4.49. The molecule has 0 spiro atoms. The Morgan fingerprint density at radius 3 is 2.61 bits per heavy atom. The van der Waals surface area contributed by atoms with Crippen molar-refractivity contribution in [1.82, 2.24) is 24.5 Å². The van der Waals surface area contributed by atoms with Gasteiger partial charge in [0.15, 0.2) is 5.69 Å². The van der Waals surface area contributed by atoms with Gasteiger partial charge in [-0.25, -0.2) is 4.98 Å². The van der Waals surface area contributed by atoms with Crippen LogP contribution in [0.2, 0.25) is 0 Å². The van der Waals surface area contributed by atoms with Crippen LogP contribution in [0, 0.1) is 0 Å². The molecule has 0 bridgehead atoms. The SMILES string of the molecule is Cn1nc2c(c1C(=O)NC1CCC(Nc3cccc4nc(C(F)(F)F)cn34)CC1)C=C=C=C2. The number of fused-ring (bicyclic) bond motifs is 2. The Morgan fingerprint density at radius 1 is 1.12 bits per heavy atom. The molecule has 1 fully saturated rings. The van der Waals surface area contributed by atoms with Crippen molar-refractivity contribution < 1.29 is 18.0 Å². The van der Waals surface area contributed by atoms with Crippen molar-refractivity contribution in [2.24, 2.45) is 7.05 Å². The number of carbonyl (C=O) groups excluding carboxylic acids is 1. The second-order valence-electron chi connectivity index (χ2n) is 8.28. The van der Waals surface area contributed by atoms with E-state index in [1.807, 2.05) is 0 Å². The lowest BCUT2D eigenvalue weighted by Crippen LogP contribution is -2.41. The summed E-state index contributed by atoms with van der Waals surface area (Å²) in [6.45, 7) is 0. The summed E-state index contributed by atoms with van der Waals surface area (Å²) in [7, 11) is 1.73. The molecule has 1 saturated carbocycles. The van der Waals surface area contributed by atoms with Crippen molar-refractivity contribution in [3.8, 4) is 0 Å². The second-order valence-corrected chi connectivity index (χ2v) is 8.28. The number of halogens is 3. The number of nitrogens with one attached hydrogen (secondary N) is 2. The summed E-state index contributed by atoms with van der Waals surface area (Å²) in [5, 5.41) is 10.8. The molecule has 3 heterocycles. The van der Waals surface area contributed by atoms with Gasteiger partial charge in [0, 0.05) is 43.0 Å². The Balaban J connectivity index is 1.22. The zero-order valence-corrected chi connectivity index (χ0v) is 17.8. The molecular formula is C23H21F3N6O. The topological polar surface area (TPSA) is 76.2 Å². The van der Waals surface area contributed by atoms with E-state index in [1.54, 1.807) is 42.1 Å². The molecule has 0 saturated heterocycles. The Bertz CT molecular complexity index is 1330. The molecule has 2 N–H and O–H groups in total. The molecule has 3 aromatic rings. The number of carbonyl (C=O) groups is 1. The number of hydrogen-bond acceptors (Lipinski definition) is 4. The zero-order valence-electron chi connectivity index (χ0n) is 17.8. The minimum Gasteiger partial charge on any atom is -0.368 e. The molecule has 0 radical (unpaired) electrons. The lowest BCUT2D eigenvalue weighted by molar-refractivity contribution is -0.140. The van der Waals surface area contributed by atoms with Crippen LogP contribution in [0.5, 0.6) is 0 Å².